The average molecular weight is 466 g/mol. The summed E-state index contributed by atoms with van der Waals surface area (Å²) in [6, 6.07) is 0. The molecule has 1 rings (SSSR count). The second kappa shape index (κ2) is 11.8. The SMILES string of the molecule is CN=C(NCCCOCC(F)(F)F)NCCc1ncc(C)s1.I. The molecule has 0 unspecified atom stereocenters. The van der Waals surface area contributed by atoms with Gasteiger partial charge in [-0.2, -0.15) is 13.2 Å². The summed E-state index contributed by atoms with van der Waals surface area (Å²) >= 11 is 1.66. The van der Waals surface area contributed by atoms with Crippen molar-refractivity contribution in [1.29, 1.82) is 0 Å². The molecule has 5 nitrogen and oxygen atoms in total. The summed E-state index contributed by atoms with van der Waals surface area (Å²) in [5, 5.41) is 7.20. The molecule has 0 aliphatic rings. The lowest BCUT2D eigenvalue weighted by molar-refractivity contribution is -0.173. The number of rotatable bonds is 8. The Morgan fingerprint density at radius 2 is 2.04 bits per heavy atom. The number of guanidine groups is 1. The van der Waals surface area contributed by atoms with Gasteiger partial charge in [-0.15, -0.1) is 35.3 Å². The molecule has 134 valence electrons. The van der Waals surface area contributed by atoms with Crippen LogP contribution in [-0.2, 0) is 11.2 Å². The Balaban J connectivity index is 0.00000484. The number of aliphatic imine (C=N–C) groups is 1. The summed E-state index contributed by atoms with van der Waals surface area (Å²) in [7, 11) is 1.64. The molecule has 10 heteroatoms. The first-order chi connectivity index (χ1) is 10.4. The number of alkyl halides is 3. The molecule has 0 saturated heterocycles. The predicted molar refractivity (Wildman–Crippen MR) is 96.8 cm³/mol. The lowest BCUT2D eigenvalue weighted by atomic mass is 10.4. The average Bonchev–Trinajstić information content (AvgIpc) is 2.85. The van der Waals surface area contributed by atoms with Crippen LogP contribution in [0.1, 0.15) is 16.3 Å². The Morgan fingerprint density at radius 3 is 2.61 bits per heavy atom. The van der Waals surface area contributed by atoms with Crippen LogP contribution in [0.5, 0.6) is 0 Å². The first-order valence-corrected chi connectivity index (χ1v) is 7.72. The van der Waals surface area contributed by atoms with Gasteiger partial charge in [0.25, 0.3) is 0 Å². The molecule has 2 N–H and O–H groups in total. The smallest absolute Gasteiger partial charge is 0.372 e. The van der Waals surface area contributed by atoms with Gasteiger partial charge in [-0.25, -0.2) is 4.98 Å². The number of ether oxygens (including phenoxy) is 1. The van der Waals surface area contributed by atoms with Crippen molar-refractivity contribution in [3.8, 4) is 0 Å². The molecule has 0 saturated carbocycles. The van der Waals surface area contributed by atoms with Crippen LogP contribution in [0, 0.1) is 6.92 Å². The Bertz CT molecular complexity index is 468. The van der Waals surface area contributed by atoms with Crippen molar-refractivity contribution in [1.82, 2.24) is 15.6 Å². The van der Waals surface area contributed by atoms with Crippen molar-refractivity contribution in [3.63, 3.8) is 0 Å². The molecule has 0 amide bonds. The number of aryl methyl sites for hydroxylation is 1. The molecule has 0 aliphatic carbocycles. The second-order valence-electron chi connectivity index (χ2n) is 4.56. The van der Waals surface area contributed by atoms with Gasteiger partial charge in [0.05, 0.1) is 5.01 Å². The van der Waals surface area contributed by atoms with Gasteiger partial charge in [-0.1, -0.05) is 0 Å². The van der Waals surface area contributed by atoms with E-state index in [2.05, 4.69) is 25.3 Å². The Kier molecular flexibility index (Phi) is 11.5. The maximum Gasteiger partial charge on any atom is 0.411 e. The summed E-state index contributed by atoms with van der Waals surface area (Å²) < 4.78 is 40.1. The Hall–Kier alpha value is -0.620. The number of hydrogen-bond acceptors (Lipinski definition) is 4. The Labute approximate surface area is 155 Å². The minimum absolute atomic E-state index is 0. The van der Waals surface area contributed by atoms with E-state index in [1.54, 1.807) is 18.4 Å². The van der Waals surface area contributed by atoms with E-state index < -0.39 is 12.8 Å². The molecule has 0 spiro atoms. The highest BCUT2D eigenvalue weighted by Gasteiger charge is 2.27. The zero-order chi connectivity index (χ0) is 16.4. The van der Waals surface area contributed by atoms with Crippen molar-refractivity contribution in [2.24, 2.45) is 4.99 Å². The first-order valence-electron chi connectivity index (χ1n) is 6.91. The lowest BCUT2D eigenvalue weighted by Gasteiger charge is -2.12. The quantitative estimate of drug-likeness (QED) is 0.268. The molecule has 0 aromatic carbocycles. The highest BCUT2D eigenvalue weighted by atomic mass is 127. The van der Waals surface area contributed by atoms with Crippen molar-refractivity contribution in [3.05, 3.63) is 16.1 Å². The molecule has 1 aromatic heterocycles. The normalized spacial score (nSPS) is 12.0. The topological polar surface area (TPSA) is 58.5 Å². The van der Waals surface area contributed by atoms with Crippen LogP contribution in [0.2, 0.25) is 0 Å². The van der Waals surface area contributed by atoms with E-state index >= 15 is 0 Å². The molecule has 0 radical (unpaired) electrons. The Morgan fingerprint density at radius 1 is 1.35 bits per heavy atom. The van der Waals surface area contributed by atoms with Gasteiger partial charge in [-0.05, 0) is 13.3 Å². The number of nitrogens with zero attached hydrogens (tertiary/aromatic N) is 2. The fourth-order valence-corrected chi connectivity index (χ4v) is 2.38. The molecular weight excluding hydrogens is 444 g/mol. The minimum Gasteiger partial charge on any atom is -0.372 e. The first kappa shape index (κ1) is 22.4. The third-order valence-corrected chi connectivity index (χ3v) is 3.52. The van der Waals surface area contributed by atoms with E-state index in [1.807, 2.05) is 13.1 Å². The van der Waals surface area contributed by atoms with Gasteiger partial charge in [0.2, 0.25) is 0 Å². The number of thiazole rings is 1. The molecule has 0 fully saturated rings. The minimum atomic E-state index is -4.26. The van der Waals surface area contributed by atoms with E-state index in [9.17, 15) is 13.2 Å². The van der Waals surface area contributed by atoms with Gasteiger partial charge in [0.15, 0.2) is 5.96 Å². The summed E-state index contributed by atoms with van der Waals surface area (Å²) in [4.78, 5) is 9.48. The number of nitrogens with one attached hydrogen (secondary N) is 2. The highest BCUT2D eigenvalue weighted by Crippen LogP contribution is 2.14. The molecule has 0 atom stereocenters. The molecular formula is C13H22F3IN4OS. The van der Waals surface area contributed by atoms with Crippen LogP contribution < -0.4 is 10.6 Å². The number of aromatic nitrogens is 1. The third-order valence-electron chi connectivity index (χ3n) is 2.55. The van der Waals surface area contributed by atoms with Crippen molar-refractivity contribution < 1.29 is 17.9 Å². The molecule has 23 heavy (non-hydrogen) atoms. The van der Waals surface area contributed by atoms with Crippen molar-refractivity contribution in [2.75, 3.05) is 33.4 Å². The van der Waals surface area contributed by atoms with E-state index in [4.69, 9.17) is 0 Å². The zero-order valence-corrected chi connectivity index (χ0v) is 16.2. The van der Waals surface area contributed by atoms with Crippen LogP contribution in [0.25, 0.3) is 0 Å². The van der Waals surface area contributed by atoms with Crippen molar-refractivity contribution >= 4 is 41.3 Å². The maximum atomic E-state index is 11.9. The maximum absolute atomic E-state index is 11.9. The molecule has 1 aromatic rings. The summed E-state index contributed by atoms with van der Waals surface area (Å²) in [5.74, 6) is 0.615. The third kappa shape index (κ3) is 11.5. The van der Waals surface area contributed by atoms with E-state index in [1.165, 1.54) is 4.88 Å². The zero-order valence-electron chi connectivity index (χ0n) is 13.1. The second-order valence-corrected chi connectivity index (χ2v) is 5.88. The predicted octanol–water partition coefficient (Wildman–Crippen LogP) is 2.75. The van der Waals surface area contributed by atoms with E-state index in [-0.39, 0.29) is 30.6 Å². The fourth-order valence-electron chi connectivity index (χ4n) is 1.59. The van der Waals surface area contributed by atoms with Crippen molar-refractivity contribution in [2.45, 2.75) is 25.9 Å². The van der Waals surface area contributed by atoms with Gasteiger partial charge in [0.1, 0.15) is 6.61 Å². The van der Waals surface area contributed by atoms with Gasteiger partial charge >= 0.3 is 6.18 Å². The van der Waals surface area contributed by atoms with Crippen LogP contribution in [-0.4, -0.2) is 50.5 Å². The highest BCUT2D eigenvalue weighted by molar-refractivity contribution is 14.0. The van der Waals surface area contributed by atoms with Crippen LogP contribution in [0.3, 0.4) is 0 Å². The monoisotopic (exact) mass is 466 g/mol. The van der Waals surface area contributed by atoms with Crippen LogP contribution in [0.4, 0.5) is 13.2 Å². The van der Waals surface area contributed by atoms with Crippen LogP contribution in [0.15, 0.2) is 11.2 Å². The summed E-state index contributed by atoms with van der Waals surface area (Å²) in [6.07, 6.45) is -1.15. The largest absolute Gasteiger partial charge is 0.411 e. The summed E-state index contributed by atoms with van der Waals surface area (Å²) in [5.41, 5.74) is 0. The fraction of sp³-hybridized carbons (Fsp3) is 0.692. The summed E-state index contributed by atoms with van der Waals surface area (Å²) in [6.45, 7) is 2.05. The molecule has 1 heterocycles. The van der Waals surface area contributed by atoms with Gasteiger partial charge < -0.3 is 15.4 Å². The standard InChI is InChI=1S/C13H21F3N4OS.HI/c1-10-8-20-11(22-10)4-6-19-12(17-2)18-5-3-7-21-9-13(14,15)16;/h8H,3-7,9H2,1-2H3,(H2,17,18,19);1H. The van der Waals surface area contributed by atoms with Gasteiger partial charge in [-0.3, -0.25) is 4.99 Å². The van der Waals surface area contributed by atoms with E-state index in [0.29, 0.717) is 25.5 Å². The molecule has 0 bridgehead atoms. The van der Waals surface area contributed by atoms with Crippen LogP contribution >= 0.6 is 35.3 Å². The lowest BCUT2D eigenvalue weighted by Crippen LogP contribution is -2.39. The van der Waals surface area contributed by atoms with E-state index in [0.717, 1.165) is 11.4 Å². The molecule has 0 aliphatic heterocycles. The number of halogens is 4. The van der Waals surface area contributed by atoms with Gasteiger partial charge in [0, 0.05) is 44.2 Å². The number of hydrogen-bond donors (Lipinski definition) is 2.